The summed E-state index contributed by atoms with van der Waals surface area (Å²) in [4.78, 5) is 12.5. The summed E-state index contributed by atoms with van der Waals surface area (Å²) in [5.41, 5.74) is 1.19. The van der Waals surface area contributed by atoms with Gasteiger partial charge in [-0.1, -0.05) is 18.2 Å². The zero-order valence-corrected chi connectivity index (χ0v) is 11.8. The molecule has 0 bridgehead atoms. The summed E-state index contributed by atoms with van der Waals surface area (Å²) in [5.74, 6) is -1.25. The third-order valence-corrected chi connectivity index (χ3v) is 3.28. The first-order chi connectivity index (χ1) is 10.1. The minimum atomic E-state index is -0.981. The fraction of sp³-hybridized carbons (Fsp3) is 0.176. The lowest BCUT2D eigenvalue weighted by Gasteiger charge is -2.13. The summed E-state index contributed by atoms with van der Waals surface area (Å²) in [6, 6.07) is 13.0. The van der Waals surface area contributed by atoms with Crippen LogP contribution in [0.4, 0.5) is 4.39 Å². The average Bonchev–Trinajstić information content (AvgIpc) is 2.51. The maximum absolute atomic E-state index is 13.3. The number of ketones is 1. The number of rotatable bonds is 4. The molecular weight excluding hydrogens is 269 g/mol. The second kappa shape index (κ2) is 6.19. The summed E-state index contributed by atoms with van der Waals surface area (Å²) in [5, 5.41) is 9.35. The van der Waals surface area contributed by atoms with Crippen LogP contribution < -0.4 is 4.74 Å². The molecule has 21 heavy (non-hydrogen) atoms. The minimum absolute atomic E-state index is 0.311. The fourth-order valence-corrected chi connectivity index (χ4v) is 2.14. The number of carbonyl (C=O) groups is 1. The van der Waals surface area contributed by atoms with Gasteiger partial charge in [-0.15, -0.1) is 0 Å². The monoisotopic (exact) mass is 283 g/mol. The Morgan fingerprint density at radius 1 is 1.29 bits per heavy atom. The molecule has 0 saturated carbocycles. The van der Waals surface area contributed by atoms with E-state index in [-0.39, 0.29) is 11.6 Å². The van der Waals surface area contributed by atoms with Gasteiger partial charge in [0.2, 0.25) is 0 Å². The number of para-hydroxylation sites is 1. The summed E-state index contributed by atoms with van der Waals surface area (Å²) < 4.78 is 18.5. The fourth-order valence-electron chi connectivity index (χ4n) is 2.14. The first-order valence-corrected chi connectivity index (χ1v) is 6.41. The molecule has 0 saturated heterocycles. The number of ether oxygens (including phenoxy) is 1. The molecule has 2 rings (SSSR count). The molecule has 106 valence electrons. The van der Waals surface area contributed by atoms with Gasteiger partial charge in [0.25, 0.3) is 0 Å². The Labute approximate surface area is 122 Å². The van der Waals surface area contributed by atoms with Gasteiger partial charge in [0.15, 0.2) is 5.78 Å². The quantitative estimate of drug-likeness (QED) is 0.805. The number of halogens is 1. The molecule has 0 aliphatic heterocycles. The lowest BCUT2D eigenvalue weighted by molar-refractivity contribution is 0.0977. The van der Waals surface area contributed by atoms with E-state index in [0.717, 1.165) is 0 Å². The van der Waals surface area contributed by atoms with Crippen molar-refractivity contribution in [2.45, 2.75) is 12.8 Å². The first kappa shape index (κ1) is 14.7. The third kappa shape index (κ3) is 2.92. The maximum Gasteiger partial charge on any atom is 0.184 e. The van der Waals surface area contributed by atoms with E-state index in [1.807, 2.05) is 6.07 Å². The molecule has 0 spiro atoms. The number of methoxy groups -OCH3 is 1. The molecule has 0 radical (unpaired) electrons. The molecule has 0 aliphatic carbocycles. The van der Waals surface area contributed by atoms with Gasteiger partial charge in [-0.2, -0.15) is 5.26 Å². The van der Waals surface area contributed by atoms with E-state index >= 15 is 0 Å². The highest BCUT2D eigenvalue weighted by Gasteiger charge is 2.25. The van der Waals surface area contributed by atoms with E-state index in [0.29, 0.717) is 22.4 Å². The van der Waals surface area contributed by atoms with E-state index < -0.39 is 5.92 Å². The van der Waals surface area contributed by atoms with Crippen LogP contribution in [-0.2, 0) is 0 Å². The molecule has 2 aromatic carbocycles. The second-order valence-corrected chi connectivity index (χ2v) is 4.63. The van der Waals surface area contributed by atoms with Crippen LogP contribution in [0.1, 0.15) is 27.4 Å². The molecule has 0 aromatic heterocycles. The largest absolute Gasteiger partial charge is 0.496 e. The van der Waals surface area contributed by atoms with Crippen LogP contribution in [0.2, 0.25) is 0 Å². The summed E-state index contributed by atoms with van der Waals surface area (Å²) >= 11 is 0. The number of benzene rings is 2. The van der Waals surface area contributed by atoms with Crippen molar-refractivity contribution in [1.29, 1.82) is 5.26 Å². The summed E-state index contributed by atoms with van der Waals surface area (Å²) in [7, 11) is 1.49. The van der Waals surface area contributed by atoms with Crippen LogP contribution >= 0.6 is 0 Å². The third-order valence-electron chi connectivity index (χ3n) is 3.28. The van der Waals surface area contributed by atoms with E-state index in [9.17, 15) is 14.4 Å². The number of carbonyl (C=O) groups excluding carboxylic acids is 1. The standard InChI is InChI=1S/C17H14FNO2/c1-11-9-12(7-8-15(11)18)17(20)14(10-19)13-5-3-4-6-16(13)21-2/h3-9,14H,1-2H3. The molecule has 1 atom stereocenters. The first-order valence-electron chi connectivity index (χ1n) is 6.41. The highest BCUT2D eigenvalue weighted by atomic mass is 19.1. The SMILES string of the molecule is COc1ccccc1C(C#N)C(=O)c1ccc(F)c(C)c1. The van der Waals surface area contributed by atoms with Crippen molar-refractivity contribution in [3.05, 3.63) is 65.0 Å². The Hall–Kier alpha value is -2.67. The molecule has 2 aromatic rings. The normalized spacial score (nSPS) is 11.5. The van der Waals surface area contributed by atoms with Crippen LogP contribution in [-0.4, -0.2) is 12.9 Å². The minimum Gasteiger partial charge on any atom is -0.496 e. The lowest BCUT2D eigenvalue weighted by atomic mass is 9.90. The highest BCUT2D eigenvalue weighted by molar-refractivity contribution is 6.03. The molecule has 4 heteroatoms. The van der Waals surface area contributed by atoms with Crippen LogP contribution in [0, 0.1) is 24.1 Å². The number of Topliss-reactive ketones (excluding diaryl/α,β-unsaturated/α-hetero) is 1. The smallest absolute Gasteiger partial charge is 0.184 e. The summed E-state index contributed by atoms with van der Waals surface area (Å²) in [6.07, 6.45) is 0. The van der Waals surface area contributed by atoms with Crippen molar-refractivity contribution >= 4 is 5.78 Å². The highest BCUT2D eigenvalue weighted by Crippen LogP contribution is 2.29. The average molecular weight is 283 g/mol. The zero-order valence-electron chi connectivity index (χ0n) is 11.8. The van der Waals surface area contributed by atoms with E-state index in [4.69, 9.17) is 4.74 Å². The van der Waals surface area contributed by atoms with Gasteiger partial charge in [-0.3, -0.25) is 4.79 Å². The molecule has 0 heterocycles. The lowest BCUT2D eigenvalue weighted by Crippen LogP contribution is -2.12. The van der Waals surface area contributed by atoms with Gasteiger partial charge in [0, 0.05) is 11.1 Å². The van der Waals surface area contributed by atoms with Gasteiger partial charge in [0.1, 0.15) is 17.5 Å². The van der Waals surface area contributed by atoms with Gasteiger partial charge in [-0.05, 0) is 36.8 Å². The second-order valence-electron chi connectivity index (χ2n) is 4.63. The Bertz CT molecular complexity index is 719. The van der Waals surface area contributed by atoms with E-state index in [2.05, 4.69) is 0 Å². The molecule has 0 aliphatic rings. The Balaban J connectivity index is 2.44. The zero-order chi connectivity index (χ0) is 15.4. The Kier molecular flexibility index (Phi) is 4.34. The van der Waals surface area contributed by atoms with Crippen molar-refractivity contribution in [3.8, 4) is 11.8 Å². The molecule has 0 N–H and O–H groups in total. The van der Waals surface area contributed by atoms with Crippen molar-refractivity contribution in [2.24, 2.45) is 0 Å². The van der Waals surface area contributed by atoms with Crippen LogP contribution in [0.5, 0.6) is 5.75 Å². The van der Waals surface area contributed by atoms with Crippen molar-refractivity contribution in [2.75, 3.05) is 7.11 Å². The molecular formula is C17H14FNO2. The number of nitriles is 1. The Morgan fingerprint density at radius 3 is 2.62 bits per heavy atom. The van der Waals surface area contributed by atoms with E-state index in [1.54, 1.807) is 31.2 Å². The molecule has 1 unspecified atom stereocenters. The maximum atomic E-state index is 13.3. The van der Waals surface area contributed by atoms with Crippen molar-refractivity contribution in [1.82, 2.24) is 0 Å². The van der Waals surface area contributed by atoms with Crippen LogP contribution in [0.15, 0.2) is 42.5 Å². The predicted molar refractivity (Wildman–Crippen MR) is 76.8 cm³/mol. The van der Waals surface area contributed by atoms with Crippen LogP contribution in [0.25, 0.3) is 0 Å². The van der Waals surface area contributed by atoms with Crippen molar-refractivity contribution in [3.63, 3.8) is 0 Å². The topological polar surface area (TPSA) is 50.1 Å². The molecule has 0 amide bonds. The Morgan fingerprint density at radius 2 is 2.00 bits per heavy atom. The number of hydrogen-bond donors (Lipinski definition) is 0. The number of aryl methyl sites for hydroxylation is 1. The number of nitrogens with zero attached hydrogens (tertiary/aromatic N) is 1. The predicted octanol–water partition coefficient (Wildman–Crippen LogP) is 3.63. The van der Waals surface area contributed by atoms with Crippen molar-refractivity contribution < 1.29 is 13.9 Å². The van der Waals surface area contributed by atoms with Crippen LogP contribution in [0.3, 0.4) is 0 Å². The number of hydrogen-bond acceptors (Lipinski definition) is 3. The molecule has 3 nitrogen and oxygen atoms in total. The van der Waals surface area contributed by atoms with E-state index in [1.165, 1.54) is 25.3 Å². The van der Waals surface area contributed by atoms with Gasteiger partial charge in [-0.25, -0.2) is 4.39 Å². The van der Waals surface area contributed by atoms with Gasteiger partial charge < -0.3 is 4.74 Å². The molecule has 0 fully saturated rings. The summed E-state index contributed by atoms with van der Waals surface area (Å²) in [6.45, 7) is 1.58. The van der Waals surface area contributed by atoms with Gasteiger partial charge in [0.05, 0.1) is 13.2 Å². The van der Waals surface area contributed by atoms with Gasteiger partial charge >= 0.3 is 0 Å².